The van der Waals surface area contributed by atoms with Crippen LogP contribution in [0.2, 0.25) is 0 Å². The molecule has 0 amide bonds. The third-order valence-electron chi connectivity index (χ3n) is 2.20. The highest BCUT2D eigenvalue weighted by Crippen LogP contribution is 2.16. The van der Waals surface area contributed by atoms with Crippen molar-refractivity contribution in [1.29, 1.82) is 0 Å². The van der Waals surface area contributed by atoms with Crippen molar-refractivity contribution in [2.24, 2.45) is 5.73 Å². The maximum absolute atomic E-state index is 11.2. The van der Waals surface area contributed by atoms with Crippen LogP contribution in [0.5, 0.6) is 0 Å². The molecule has 1 rings (SSSR count). The van der Waals surface area contributed by atoms with Crippen molar-refractivity contribution in [2.45, 2.75) is 32.1 Å². The van der Waals surface area contributed by atoms with Crippen molar-refractivity contribution in [1.82, 2.24) is 0 Å². The molecule has 17 heavy (non-hydrogen) atoms. The molecule has 1 atom stereocenters. The Hall–Kier alpha value is -0.940. The molecule has 96 valence electrons. The molecule has 0 aliphatic rings. The molecule has 1 aromatic rings. The first-order valence-electron chi connectivity index (χ1n) is 5.68. The Kier molecular flexibility index (Phi) is 6.15. The number of carbonyl (C=O) groups is 1. The first kappa shape index (κ1) is 14.1. The van der Waals surface area contributed by atoms with Crippen LogP contribution in [0.1, 0.15) is 24.9 Å². The highest BCUT2D eigenvalue weighted by Gasteiger charge is 2.13. The molecule has 5 heteroatoms. The summed E-state index contributed by atoms with van der Waals surface area (Å²) < 4.78 is 10.3. The summed E-state index contributed by atoms with van der Waals surface area (Å²) in [5.74, 6) is 3.19. The first-order chi connectivity index (χ1) is 8.13. The van der Waals surface area contributed by atoms with E-state index in [4.69, 9.17) is 14.9 Å². The lowest BCUT2D eigenvalue weighted by Gasteiger charge is -2.09. The lowest BCUT2D eigenvalue weighted by molar-refractivity contribution is -0.144. The second kappa shape index (κ2) is 7.40. The normalized spacial score (nSPS) is 12.4. The van der Waals surface area contributed by atoms with Crippen molar-refractivity contribution in [2.75, 3.05) is 12.4 Å². The number of thioether (sulfide) groups is 1. The van der Waals surface area contributed by atoms with Crippen LogP contribution in [0.3, 0.4) is 0 Å². The standard InChI is InChI=1S/C12H19NO3S/c1-3-15-12(14)11(13)6-7-17-8-10-5-4-9(2)16-10/h4-5,11H,3,6-8,13H2,1-2H3. The second-order valence-electron chi connectivity index (χ2n) is 3.71. The number of ether oxygens (including phenoxy) is 1. The minimum absolute atomic E-state index is 0.318. The van der Waals surface area contributed by atoms with Gasteiger partial charge in [-0.15, -0.1) is 0 Å². The Morgan fingerprint density at radius 1 is 1.59 bits per heavy atom. The molecule has 0 spiro atoms. The maximum atomic E-state index is 11.2. The smallest absolute Gasteiger partial charge is 0.322 e. The van der Waals surface area contributed by atoms with E-state index < -0.39 is 6.04 Å². The van der Waals surface area contributed by atoms with Crippen LogP contribution in [0, 0.1) is 6.92 Å². The lowest BCUT2D eigenvalue weighted by Crippen LogP contribution is -2.32. The molecule has 0 bridgehead atoms. The highest BCUT2D eigenvalue weighted by atomic mass is 32.2. The van der Waals surface area contributed by atoms with Gasteiger partial charge < -0.3 is 14.9 Å². The van der Waals surface area contributed by atoms with Crippen LogP contribution in [0.4, 0.5) is 0 Å². The summed E-state index contributed by atoms with van der Waals surface area (Å²) in [5, 5.41) is 0. The summed E-state index contributed by atoms with van der Waals surface area (Å²) in [4.78, 5) is 11.2. The summed E-state index contributed by atoms with van der Waals surface area (Å²) in [7, 11) is 0. The van der Waals surface area contributed by atoms with Crippen LogP contribution < -0.4 is 5.73 Å². The van der Waals surface area contributed by atoms with Gasteiger partial charge >= 0.3 is 5.97 Å². The number of hydrogen-bond acceptors (Lipinski definition) is 5. The maximum Gasteiger partial charge on any atom is 0.322 e. The van der Waals surface area contributed by atoms with Crippen molar-refractivity contribution >= 4 is 17.7 Å². The molecule has 0 radical (unpaired) electrons. The third kappa shape index (κ3) is 5.28. The van der Waals surface area contributed by atoms with Gasteiger partial charge in [0.1, 0.15) is 17.6 Å². The average Bonchev–Trinajstić information content (AvgIpc) is 2.70. The molecule has 0 aliphatic carbocycles. The Morgan fingerprint density at radius 3 is 2.94 bits per heavy atom. The fourth-order valence-corrected chi connectivity index (χ4v) is 2.23. The van der Waals surface area contributed by atoms with E-state index in [0.29, 0.717) is 13.0 Å². The number of carbonyl (C=O) groups excluding carboxylic acids is 1. The van der Waals surface area contributed by atoms with E-state index in [0.717, 1.165) is 23.0 Å². The Bertz CT molecular complexity index is 351. The molecule has 1 aromatic heterocycles. The summed E-state index contributed by atoms with van der Waals surface area (Å²) in [6.07, 6.45) is 0.628. The Labute approximate surface area is 106 Å². The fraction of sp³-hybridized carbons (Fsp3) is 0.583. The van der Waals surface area contributed by atoms with Gasteiger partial charge in [0.2, 0.25) is 0 Å². The van der Waals surface area contributed by atoms with Crippen LogP contribution in [0.25, 0.3) is 0 Å². The van der Waals surface area contributed by atoms with Crippen LogP contribution in [0.15, 0.2) is 16.5 Å². The molecule has 4 nitrogen and oxygen atoms in total. The number of hydrogen-bond donors (Lipinski definition) is 1. The first-order valence-corrected chi connectivity index (χ1v) is 6.84. The van der Waals surface area contributed by atoms with E-state index in [1.807, 2.05) is 19.1 Å². The molecule has 1 unspecified atom stereocenters. The monoisotopic (exact) mass is 257 g/mol. The summed E-state index contributed by atoms with van der Waals surface area (Å²) in [6.45, 7) is 4.08. The minimum Gasteiger partial charge on any atom is -0.466 e. The number of esters is 1. The number of nitrogens with two attached hydrogens (primary N) is 1. The largest absolute Gasteiger partial charge is 0.466 e. The zero-order valence-electron chi connectivity index (χ0n) is 10.3. The van der Waals surface area contributed by atoms with Crippen molar-refractivity contribution in [3.05, 3.63) is 23.7 Å². The summed E-state index contributed by atoms with van der Waals surface area (Å²) >= 11 is 1.70. The SMILES string of the molecule is CCOC(=O)C(N)CCSCc1ccc(C)o1. The van der Waals surface area contributed by atoms with Gasteiger partial charge in [0.25, 0.3) is 0 Å². The van der Waals surface area contributed by atoms with Gasteiger partial charge in [-0.2, -0.15) is 11.8 Å². The van der Waals surface area contributed by atoms with Crippen molar-refractivity contribution < 1.29 is 13.9 Å². The second-order valence-corrected chi connectivity index (χ2v) is 4.82. The molecule has 0 fully saturated rings. The van der Waals surface area contributed by atoms with Gasteiger partial charge in [-0.05, 0) is 38.2 Å². The highest BCUT2D eigenvalue weighted by molar-refractivity contribution is 7.98. The fourth-order valence-electron chi connectivity index (χ4n) is 1.31. The molecule has 1 heterocycles. The topological polar surface area (TPSA) is 65.5 Å². The molecule has 0 aromatic carbocycles. The van der Waals surface area contributed by atoms with Crippen molar-refractivity contribution in [3.63, 3.8) is 0 Å². The average molecular weight is 257 g/mol. The van der Waals surface area contributed by atoms with E-state index >= 15 is 0 Å². The molecule has 0 aliphatic heterocycles. The molecule has 0 saturated carbocycles. The van der Waals surface area contributed by atoms with Gasteiger partial charge in [0, 0.05) is 0 Å². The third-order valence-corrected chi connectivity index (χ3v) is 3.22. The number of aryl methyl sites for hydroxylation is 1. The quantitative estimate of drug-likeness (QED) is 0.598. The Balaban J connectivity index is 2.13. The zero-order valence-corrected chi connectivity index (χ0v) is 11.1. The molecule has 0 saturated heterocycles. The van der Waals surface area contributed by atoms with Crippen LogP contribution >= 0.6 is 11.8 Å². The van der Waals surface area contributed by atoms with E-state index in [9.17, 15) is 4.79 Å². The summed E-state index contributed by atoms with van der Waals surface area (Å²) in [5.41, 5.74) is 5.68. The lowest BCUT2D eigenvalue weighted by atomic mass is 10.2. The van der Waals surface area contributed by atoms with E-state index in [1.54, 1.807) is 18.7 Å². The van der Waals surface area contributed by atoms with E-state index in [-0.39, 0.29) is 5.97 Å². The predicted molar refractivity (Wildman–Crippen MR) is 68.8 cm³/mol. The zero-order chi connectivity index (χ0) is 12.7. The van der Waals surface area contributed by atoms with E-state index in [1.165, 1.54) is 0 Å². The minimum atomic E-state index is -0.513. The molecular weight excluding hydrogens is 238 g/mol. The summed E-state index contributed by atoms with van der Waals surface area (Å²) in [6, 6.07) is 3.40. The van der Waals surface area contributed by atoms with Crippen molar-refractivity contribution in [3.8, 4) is 0 Å². The number of furan rings is 1. The predicted octanol–water partition coefficient (Wildman–Crippen LogP) is 2.10. The van der Waals surface area contributed by atoms with Crippen LogP contribution in [-0.2, 0) is 15.3 Å². The van der Waals surface area contributed by atoms with Crippen LogP contribution in [-0.4, -0.2) is 24.4 Å². The molecule has 2 N–H and O–H groups in total. The molecular formula is C12H19NO3S. The number of rotatable bonds is 7. The van der Waals surface area contributed by atoms with Gasteiger partial charge in [0.15, 0.2) is 0 Å². The van der Waals surface area contributed by atoms with E-state index in [2.05, 4.69) is 0 Å². The van der Waals surface area contributed by atoms with Gasteiger partial charge in [0.05, 0.1) is 12.4 Å². The van der Waals surface area contributed by atoms with Gasteiger partial charge in [-0.1, -0.05) is 0 Å². The van der Waals surface area contributed by atoms with Gasteiger partial charge in [-0.3, -0.25) is 4.79 Å². The van der Waals surface area contributed by atoms with Gasteiger partial charge in [-0.25, -0.2) is 0 Å². The Morgan fingerprint density at radius 2 is 2.35 bits per heavy atom.